The molecule has 0 atom stereocenters. The molecule has 22 heavy (non-hydrogen) atoms. The van der Waals surface area contributed by atoms with Crippen molar-refractivity contribution < 1.29 is 0 Å². The summed E-state index contributed by atoms with van der Waals surface area (Å²) in [5, 5.41) is 2.78. The molecule has 3 rings (SSSR count). The van der Waals surface area contributed by atoms with E-state index in [-0.39, 0.29) is 0 Å². The molecule has 0 saturated carbocycles. The molecule has 0 aliphatic rings. The van der Waals surface area contributed by atoms with Crippen LogP contribution in [0.1, 0.15) is 5.56 Å². The highest BCUT2D eigenvalue weighted by Gasteiger charge is 2.10. The molecule has 0 spiro atoms. The van der Waals surface area contributed by atoms with Crippen LogP contribution in [-0.2, 0) is 6.54 Å². The van der Waals surface area contributed by atoms with E-state index in [0.29, 0.717) is 19.4 Å². The molecule has 0 aromatic heterocycles. The highest BCUT2D eigenvalue weighted by molar-refractivity contribution is 6.66. The third-order valence-electron chi connectivity index (χ3n) is 3.26. The first-order valence-electron chi connectivity index (χ1n) is 7.35. The van der Waals surface area contributed by atoms with Gasteiger partial charge in [0.15, 0.2) is 19.4 Å². The van der Waals surface area contributed by atoms with E-state index in [0.717, 1.165) is 6.54 Å². The van der Waals surface area contributed by atoms with Crippen molar-refractivity contribution in [2.24, 2.45) is 0 Å². The van der Waals surface area contributed by atoms with Crippen molar-refractivity contribution in [1.29, 1.82) is 0 Å². The zero-order chi connectivity index (χ0) is 15.0. The molecule has 0 fully saturated rings. The first-order valence-corrected chi connectivity index (χ1v) is 9.24. The number of benzene rings is 3. The lowest BCUT2D eigenvalue weighted by Gasteiger charge is -2.21. The van der Waals surface area contributed by atoms with Gasteiger partial charge in [0.25, 0.3) is 0 Å². The van der Waals surface area contributed by atoms with Gasteiger partial charge in [-0.1, -0.05) is 91.0 Å². The van der Waals surface area contributed by atoms with Crippen LogP contribution < -0.4 is 10.4 Å². The van der Waals surface area contributed by atoms with Crippen LogP contribution in [0.3, 0.4) is 0 Å². The van der Waals surface area contributed by atoms with Crippen molar-refractivity contribution in [3.63, 3.8) is 0 Å². The third-order valence-corrected chi connectivity index (χ3v) is 5.97. The van der Waals surface area contributed by atoms with Crippen molar-refractivity contribution >= 4 is 29.7 Å². The minimum atomic E-state index is 0.692. The first kappa shape index (κ1) is 15.0. The monoisotopic (exact) mass is 315 g/mol. The maximum absolute atomic E-state index is 2.54. The summed E-state index contributed by atoms with van der Waals surface area (Å²) in [4.78, 5) is 0. The molecule has 0 saturated heterocycles. The molecule has 0 amide bonds. The van der Waals surface area contributed by atoms with Crippen molar-refractivity contribution in [3.8, 4) is 0 Å². The van der Waals surface area contributed by atoms with Gasteiger partial charge < -0.3 is 4.23 Å². The van der Waals surface area contributed by atoms with Crippen LogP contribution in [0.2, 0.25) is 0 Å². The van der Waals surface area contributed by atoms with Gasteiger partial charge in [0.05, 0.1) is 0 Å². The zero-order valence-electron chi connectivity index (χ0n) is 12.3. The fourth-order valence-corrected chi connectivity index (χ4v) is 5.04. The van der Waals surface area contributed by atoms with Crippen LogP contribution in [0.4, 0.5) is 0 Å². The minimum absolute atomic E-state index is 0.692. The average Bonchev–Trinajstić information content (AvgIpc) is 2.57. The first-order chi connectivity index (χ1) is 10.9. The molecule has 0 aliphatic heterocycles. The number of hydrogen-bond donors (Lipinski definition) is 0. The van der Waals surface area contributed by atoms with Gasteiger partial charge in [-0.05, 0) is 15.9 Å². The molecule has 3 aromatic rings. The lowest BCUT2D eigenvalue weighted by atomic mass is 10.2. The van der Waals surface area contributed by atoms with Gasteiger partial charge in [-0.15, -0.1) is 0 Å². The summed E-state index contributed by atoms with van der Waals surface area (Å²) in [6.45, 7) is 0.988. The van der Waals surface area contributed by atoms with E-state index in [4.69, 9.17) is 0 Å². The quantitative estimate of drug-likeness (QED) is 0.631. The standard InChI is InChI=1S/C19H17NSi2/c1-4-10-17(11-5-1)16-20(21-18-12-6-2-7-13-18)22-19-14-8-3-9-15-19/h1-15H,16H2. The number of nitrogens with zero attached hydrogens (tertiary/aromatic N) is 1. The molecule has 4 radical (unpaired) electrons. The summed E-state index contributed by atoms with van der Waals surface area (Å²) < 4.78 is 2.54. The Hall–Kier alpha value is -1.95. The van der Waals surface area contributed by atoms with Crippen molar-refractivity contribution in [3.05, 3.63) is 96.6 Å². The smallest absolute Gasteiger partial charge is 0.175 e. The van der Waals surface area contributed by atoms with Crippen molar-refractivity contribution in [1.82, 2.24) is 4.23 Å². The molecule has 3 heteroatoms. The van der Waals surface area contributed by atoms with Gasteiger partial charge >= 0.3 is 0 Å². The molecular formula is C19H17NSi2. The van der Waals surface area contributed by atoms with E-state index in [2.05, 4.69) is 95.2 Å². The molecule has 0 heterocycles. The highest BCUT2D eigenvalue weighted by Crippen LogP contribution is 2.02. The lowest BCUT2D eigenvalue weighted by molar-refractivity contribution is 0.682. The summed E-state index contributed by atoms with van der Waals surface area (Å²) >= 11 is 0. The van der Waals surface area contributed by atoms with Gasteiger partial charge in [0, 0.05) is 6.54 Å². The zero-order valence-corrected chi connectivity index (χ0v) is 14.3. The minimum Gasteiger partial charge on any atom is -0.338 e. The second-order valence-corrected chi connectivity index (χ2v) is 8.16. The van der Waals surface area contributed by atoms with Gasteiger partial charge in [-0.3, -0.25) is 0 Å². The van der Waals surface area contributed by atoms with Crippen LogP contribution in [0.25, 0.3) is 0 Å². The van der Waals surface area contributed by atoms with E-state index in [1.807, 2.05) is 0 Å². The Morgan fingerprint density at radius 2 is 0.955 bits per heavy atom. The summed E-state index contributed by atoms with van der Waals surface area (Å²) in [5.74, 6) is 0. The lowest BCUT2D eigenvalue weighted by Crippen LogP contribution is -2.43. The van der Waals surface area contributed by atoms with E-state index in [9.17, 15) is 0 Å². The molecule has 0 unspecified atom stereocenters. The van der Waals surface area contributed by atoms with Crippen LogP contribution in [-0.4, -0.2) is 23.6 Å². The second-order valence-electron chi connectivity index (χ2n) is 5.03. The maximum Gasteiger partial charge on any atom is 0.175 e. The van der Waals surface area contributed by atoms with Gasteiger partial charge in [-0.2, -0.15) is 0 Å². The van der Waals surface area contributed by atoms with E-state index < -0.39 is 0 Å². The Morgan fingerprint density at radius 3 is 1.41 bits per heavy atom. The van der Waals surface area contributed by atoms with E-state index >= 15 is 0 Å². The van der Waals surface area contributed by atoms with Gasteiger partial charge in [-0.25, -0.2) is 0 Å². The predicted molar refractivity (Wildman–Crippen MR) is 95.6 cm³/mol. The Kier molecular flexibility index (Phi) is 5.37. The topological polar surface area (TPSA) is 3.24 Å². The number of hydrogen-bond acceptors (Lipinski definition) is 1. The van der Waals surface area contributed by atoms with Crippen LogP contribution in [0.5, 0.6) is 0 Å². The Morgan fingerprint density at radius 1 is 0.545 bits per heavy atom. The summed E-state index contributed by atoms with van der Waals surface area (Å²) in [6, 6.07) is 32.2. The predicted octanol–water partition coefficient (Wildman–Crippen LogP) is 2.38. The Labute approximate surface area is 137 Å². The van der Waals surface area contributed by atoms with Crippen molar-refractivity contribution in [2.45, 2.75) is 6.54 Å². The molecular weight excluding hydrogens is 298 g/mol. The van der Waals surface area contributed by atoms with Crippen LogP contribution in [0.15, 0.2) is 91.0 Å². The summed E-state index contributed by atoms with van der Waals surface area (Å²) in [7, 11) is 1.38. The van der Waals surface area contributed by atoms with Crippen molar-refractivity contribution in [2.75, 3.05) is 0 Å². The molecule has 106 valence electrons. The highest BCUT2D eigenvalue weighted by atomic mass is 28.3. The van der Waals surface area contributed by atoms with E-state index in [1.165, 1.54) is 15.9 Å². The SMILES string of the molecule is c1ccc(CN([Si]c2ccccc2)[Si]c2ccccc2)cc1. The fraction of sp³-hybridized carbons (Fsp3) is 0.0526. The molecule has 0 N–H and O–H groups in total. The van der Waals surface area contributed by atoms with Gasteiger partial charge in [0.2, 0.25) is 0 Å². The largest absolute Gasteiger partial charge is 0.338 e. The maximum atomic E-state index is 2.54. The van der Waals surface area contributed by atoms with Crippen LogP contribution in [0, 0.1) is 0 Å². The second kappa shape index (κ2) is 7.89. The molecule has 1 nitrogen and oxygen atoms in total. The molecule has 0 bridgehead atoms. The fourth-order valence-electron chi connectivity index (χ4n) is 2.21. The summed E-state index contributed by atoms with van der Waals surface area (Å²) in [5.41, 5.74) is 1.37. The molecule has 0 aliphatic carbocycles. The third kappa shape index (κ3) is 4.53. The molecule has 3 aromatic carbocycles. The van der Waals surface area contributed by atoms with Crippen LogP contribution >= 0.6 is 0 Å². The normalized spacial score (nSPS) is 10.8. The van der Waals surface area contributed by atoms with Gasteiger partial charge in [0.1, 0.15) is 0 Å². The number of rotatable bonds is 6. The van der Waals surface area contributed by atoms with E-state index in [1.54, 1.807) is 0 Å². The Bertz CT molecular complexity index is 573. The summed E-state index contributed by atoms with van der Waals surface area (Å²) in [6.07, 6.45) is 0. The Balaban J connectivity index is 1.75. The average molecular weight is 316 g/mol.